The summed E-state index contributed by atoms with van der Waals surface area (Å²) >= 11 is 6.08. The maximum Gasteiger partial charge on any atom is 0.398 e. The summed E-state index contributed by atoms with van der Waals surface area (Å²) in [5, 5.41) is 2.53. The number of thioether (sulfide) groups is 1. The van der Waals surface area contributed by atoms with Gasteiger partial charge in [-0.3, -0.25) is 14.5 Å². The van der Waals surface area contributed by atoms with Gasteiger partial charge in [0.25, 0.3) is 5.91 Å². The second kappa shape index (κ2) is 8.20. The summed E-state index contributed by atoms with van der Waals surface area (Å²) < 4.78 is 56.7. The van der Waals surface area contributed by atoms with E-state index < -0.39 is 35.1 Å². The van der Waals surface area contributed by atoms with Gasteiger partial charge in [0, 0.05) is 5.02 Å². The van der Waals surface area contributed by atoms with Crippen LogP contribution < -0.4 is 5.32 Å². The molecule has 0 radical (unpaired) electrons. The van der Waals surface area contributed by atoms with Crippen molar-refractivity contribution in [2.45, 2.75) is 32.5 Å². The minimum Gasteiger partial charge on any atom is -0.476 e. The molecule has 1 heterocycles. The van der Waals surface area contributed by atoms with Crippen LogP contribution in [0.5, 0.6) is 0 Å². The molecule has 0 spiro atoms. The Hall–Kier alpha value is -1.94. The lowest BCUT2D eigenvalue weighted by Crippen LogP contribution is -2.57. The molecular weight excluding hydrogens is 424 g/mol. The number of alkyl halides is 3. The summed E-state index contributed by atoms with van der Waals surface area (Å²) in [5.41, 5.74) is -1.73. The van der Waals surface area contributed by atoms with E-state index in [4.69, 9.17) is 16.3 Å². The lowest BCUT2D eigenvalue weighted by Gasteiger charge is -2.39. The molecule has 2 amide bonds. The van der Waals surface area contributed by atoms with Crippen LogP contribution in [0.4, 0.5) is 23.2 Å². The minimum atomic E-state index is -4.47. The first kappa shape index (κ1) is 22.4. The highest BCUT2D eigenvalue weighted by Crippen LogP contribution is 2.34. The van der Waals surface area contributed by atoms with Crippen LogP contribution in [-0.2, 0) is 14.3 Å². The van der Waals surface area contributed by atoms with Gasteiger partial charge in [-0.05, 0) is 39.0 Å². The van der Waals surface area contributed by atoms with Crippen molar-refractivity contribution in [1.29, 1.82) is 0 Å². The van der Waals surface area contributed by atoms with Crippen molar-refractivity contribution < 1.29 is 31.9 Å². The number of amides is 2. The zero-order valence-corrected chi connectivity index (χ0v) is 16.7. The standard InChI is InChI=1S/C17H17ClF4N2O3S/c1-9-13(28-7-17(20,21)22)14(25)24(8-27-9)16(2,3)15(26)23-12-6-10(18)4-5-11(12)19/h4-6H,7-8H2,1-3H3,(H,23,26). The third kappa shape index (κ3) is 5.11. The Bertz CT molecular complexity index is 827. The number of benzene rings is 1. The van der Waals surface area contributed by atoms with Crippen LogP contribution in [0.25, 0.3) is 0 Å². The molecule has 1 aromatic rings. The van der Waals surface area contributed by atoms with Crippen molar-refractivity contribution in [3.05, 3.63) is 39.7 Å². The molecule has 1 N–H and O–H groups in total. The fourth-order valence-corrected chi connectivity index (χ4v) is 3.26. The third-order valence-electron chi connectivity index (χ3n) is 3.96. The number of rotatable bonds is 5. The van der Waals surface area contributed by atoms with Crippen LogP contribution >= 0.6 is 23.4 Å². The Morgan fingerprint density at radius 2 is 2.00 bits per heavy atom. The number of nitrogens with zero attached hydrogens (tertiary/aromatic N) is 1. The van der Waals surface area contributed by atoms with Gasteiger partial charge in [-0.25, -0.2) is 4.39 Å². The summed E-state index contributed by atoms with van der Waals surface area (Å²) in [6.45, 7) is 3.79. The second-order valence-electron chi connectivity index (χ2n) is 6.43. The fraction of sp³-hybridized carbons (Fsp3) is 0.412. The molecule has 11 heteroatoms. The minimum absolute atomic E-state index is 0.0487. The van der Waals surface area contributed by atoms with Crippen molar-refractivity contribution >= 4 is 40.9 Å². The van der Waals surface area contributed by atoms with Crippen LogP contribution in [0.1, 0.15) is 20.8 Å². The Balaban J connectivity index is 2.21. The number of allylic oxidation sites excluding steroid dienone is 1. The quantitative estimate of drug-likeness (QED) is 0.683. The second-order valence-corrected chi connectivity index (χ2v) is 7.86. The van der Waals surface area contributed by atoms with Crippen molar-refractivity contribution in [3.63, 3.8) is 0 Å². The molecule has 5 nitrogen and oxygen atoms in total. The normalized spacial score (nSPS) is 15.6. The first-order valence-electron chi connectivity index (χ1n) is 7.94. The molecule has 154 valence electrons. The van der Waals surface area contributed by atoms with E-state index in [1.165, 1.54) is 32.9 Å². The monoisotopic (exact) mass is 440 g/mol. The van der Waals surface area contributed by atoms with E-state index in [-0.39, 0.29) is 39.9 Å². The van der Waals surface area contributed by atoms with Gasteiger partial charge in [-0.1, -0.05) is 11.6 Å². The summed E-state index contributed by atoms with van der Waals surface area (Å²) in [7, 11) is 0. The average Bonchev–Trinajstić information content (AvgIpc) is 2.56. The molecule has 0 fully saturated rings. The lowest BCUT2D eigenvalue weighted by atomic mass is 10.0. The first-order chi connectivity index (χ1) is 12.8. The molecule has 0 atom stereocenters. The Kier molecular flexibility index (Phi) is 6.55. The lowest BCUT2D eigenvalue weighted by molar-refractivity contribution is -0.148. The smallest absolute Gasteiger partial charge is 0.398 e. The van der Waals surface area contributed by atoms with Gasteiger partial charge >= 0.3 is 6.18 Å². The number of anilines is 1. The molecule has 0 unspecified atom stereocenters. The van der Waals surface area contributed by atoms with Gasteiger partial charge in [-0.15, -0.1) is 11.8 Å². The molecule has 0 aliphatic carbocycles. The van der Waals surface area contributed by atoms with Gasteiger partial charge in [0.1, 0.15) is 22.0 Å². The number of carbonyl (C=O) groups is 2. The largest absolute Gasteiger partial charge is 0.476 e. The maximum atomic E-state index is 13.9. The average molecular weight is 441 g/mol. The van der Waals surface area contributed by atoms with Crippen LogP contribution in [0, 0.1) is 5.82 Å². The molecule has 1 aromatic carbocycles. The molecular formula is C17H17ClF4N2O3S. The van der Waals surface area contributed by atoms with Crippen LogP contribution in [-0.4, -0.2) is 40.9 Å². The molecule has 0 saturated heterocycles. The molecule has 0 aromatic heterocycles. The number of nitrogens with one attached hydrogen (secondary N) is 1. The van der Waals surface area contributed by atoms with Crippen LogP contribution in [0.2, 0.25) is 5.02 Å². The SMILES string of the molecule is CC1=C(SCC(F)(F)F)C(=O)N(C(C)(C)C(=O)Nc2cc(Cl)ccc2F)CO1. The van der Waals surface area contributed by atoms with Gasteiger partial charge in [0.2, 0.25) is 5.91 Å². The number of ether oxygens (including phenoxy) is 1. The number of hydrogen-bond donors (Lipinski definition) is 1. The van der Waals surface area contributed by atoms with Gasteiger partial charge in [-0.2, -0.15) is 13.2 Å². The van der Waals surface area contributed by atoms with E-state index in [9.17, 15) is 27.2 Å². The van der Waals surface area contributed by atoms with Crippen molar-refractivity contribution in [3.8, 4) is 0 Å². The Morgan fingerprint density at radius 1 is 1.36 bits per heavy atom. The summed E-state index contributed by atoms with van der Waals surface area (Å²) in [6, 6.07) is 3.57. The summed E-state index contributed by atoms with van der Waals surface area (Å²) in [6.07, 6.45) is -4.47. The highest BCUT2D eigenvalue weighted by molar-refractivity contribution is 8.04. The van der Waals surface area contributed by atoms with Gasteiger partial charge < -0.3 is 10.1 Å². The van der Waals surface area contributed by atoms with Gasteiger partial charge in [0.15, 0.2) is 6.73 Å². The van der Waals surface area contributed by atoms with E-state index in [2.05, 4.69) is 5.32 Å². The van der Waals surface area contributed by atoms with E-state index in [0.717, 1.165) is 11.0 Å². The molecule has 1 aliphatic heterocycles. The first-order valence-corrected chi connectivity index (χ1v) is 9.31. The predicted octanol–water partition coefficient (Wildman–Crippen LogP) is 4.54. The van der Waals surface area contributed by atoms with E-state index in [0.29, 0.717) is 0 Å². The molecule has 0 bridgehead atoms. The van der Waals surface area contributed by atoms with Crippen LogP contribution in [0.3, 0.4) is 0 Å². The topological polar surface area (TPSA) is 58.6 Å². The molecule has 28 heavy (non-hydrogen) atoms. The number of carbonyl (C=O) groups excluding carboxylic acids is 2. The van der Waals surface area contributed by atoms with Crippen molar-refractivity contribution in [1.82, 2.24) is 4.90 Å². The molecule has 1 aliphatic rings. The van der Waals surface area contributed by atoms with Crippen molar-refractivity contribution in [2.75, 3.05) is 17.8 Å². The van der Waals surface area contributed by atoms with E-state index in [1.54, 1.807) is 0 Å². The highest BCUT2D eigenvalue weighted by atomic mass is 35.5. The number of halogens is 5. The summed E-state index contributed by atoms with van der Waals surface area (Å²) in [5.74, 6) is -3.49. The zero-order valence-electron chi connectivity index (χ0n) is 15.1. The van der Waals surface area contributed by atoms with Gasteiger partial charge in [0.05, 0.1) is 11.4 Å². The Labute approximate surface area is 168 Å². The Morgan fingerprint density at radius 3 is 2.61 bits per heavy atom. The summed E-state index contributed by atoms with van der Waals surface area (Å²) in [4.78, 5) is 26.1. The zero-order chi connectivity index (χ0) is 21.3. The van der Waals surface area contributed by atoms with Crippen molar-refractivity contribution in [2.24, 2.45) is 0 Å². The predicted molar refractivity (Wildman–Crippen MR) is 98.1 cm³/mol. The molecule has 2 rings (SSSR count). The fourth-order valence-electron chi connectivity index (χ4n) is 2.28. The highest BCUT2D eigenvalue weighted by Gasteiger charge is 2.43. The van der Waals surface area contributed by atoms with E-state index in [1.807, 2.05) is 0 Å². The number of hydrogen-bond acceptors (Lipinski definition) is 4. The van der Waals surface area contributed by atoms with E-state index >= 15 is 0 Å². The molecule has 0 saturated carbocycles. The maximum absolute atomic E-state index is 13.9. The third-order valence-corrected chi connectivity index (χ3v) is 5.41. The van der Waals surface area contributed by atoms with Crippen LogP contribution in [0.15, 0.2) is 28.9 Å².